The van der Waals surface area contributed by atoms with E-state index in [2.05, 4.69) is 15.3 Å². The average Bonchev–Trinajstić information content (AvgIpc) is 2.41. The Kier molecular flexibility index (Phi) is 4.02. The van der Waals surface area contributed by atoms with E-state index in [9.17, 15) is 4.79 Å². The molecule has 1 heterocycles. The molecule has 1 aromatic carbocycles. The predicted molar refractivity (Wildman–Crippen MR) is 69.9 cm³/mol. The second kappa shape index (κ2) is 5.91. The van der Waals surface area contributed by atoms with Crippen LogP contribution in [0.2, 0.25) is 0 Å². The number of nitrogens with one attached hydrogen (secondary N) is 1. The fourth-order valence-corrected chi connectivity index (χ4v) is 1.71. The van der Waals surface area contributed by atoms with Crippen LogP contribution in [0.25, 0.3) is 11.1 Å². The molecule has 2 rings (SSSR count). The first kappa shape index (κ1) is 12.2. The Morgan fingerprint density at radius 1 is 1.11 bits per heavy atom. The monoisotopic (exact) mass is 241 g/mol. The highest BCUT2D eigenvalue weighted by Gasteiger charge is 2.02. The van der Waals surface area contributed by atoms with Crippen LogP contribution in [0.5, 0.6) is 0 Å². The maximum absolute atomic E-state index is 11.4. The number of likely N-dealkylation sites (N-methyl/N-ethyl adjacent to an activating group) is 1. The molecule has 1 N–H and O–H groups in total. The highest BCUT2D eigenvalue weighted by atomic mass is 16.1. The fraction of sp³-hybridized carbons (Fsp3) is 0.214. The molecule has 0 bridgehead atoms. The standard InChI is InChI=1S/C14H15N3O/c1-2-17-14(18)7-11-3-5-12(6-4-11)13-8-15-10-16-9-13/h3-6,8-10H,2,7H2,1H3,(H,17,18). The fourth-order valence-electron chi connectivity index (χ4n) is 1.71. The van der Waals surface area contributed by atoms with Gasteiger partial charge in [-0.15, -0.1) is 0 Å². The van der Waals surface area contributed by atoms with Crippen molar-refractivity contribution < 1.29 is 4.79 Å². The molecule has 0 aliphatic rings. The predicted octanol–water partition coefficient (Wildman–Crippen LogP) is 1.82. The Labute approximate surface area is 106 Å². The average molecular weight is 241 g/mol. The Morgan fingerprint density at radius 2 is 1.78 bits per heavy atom. The molecule has 4 nitrogen and oxygen atoms in total. The minimum absolute atomic E-state index is 0.0493. The van der Waals surface area contributed by atoms with Crippen LogP contribution in [0.4, 0.5) is 0 Å². The first-order chi connectivity index (χ1) is 8.79. The minimum atomic E-state index is 0.0493. The van der Waals surface area contributed by atoms with Crippen molar-refractivity contribution in [1.29, 1.82) is 0 Å². The van der Waals surface area contributed by atoms with Crippen molar-refractivity contribution in [3.05, 3.63) is 48.5 Å². The van der Waals surface area contributed by atoms with Crippen LogP contribution in [-0.2, 0) is 11.2 Å². The van der Waals surface area contributed by atoms with Crippen molar-refractivity contribution in [1.82, 2.24) is 15.3 Å². The van der Waals surface area contributed by atoms with Gasteiger partial charge in [-0.3, -0.25) is 4.79 Å². The molecule has 4 heteroatoms. The van der Waals surface area contributed by atoms with Crippen LogP contribution < -0.4 is 5.32 Å². The van der Waals surface area contributed by atoms with Gasteiger partial charge in [0.25, 0.3) is 0 Å². The van der Waals surface area contributed by atoms with Crippen molar-refractivity contribution >= 4 is 5.91 Å². The molecular formula is C14H15N3O. The molecule has 0 unspecified atom stereocenters. The van der Waals surface area contributed by atoms with E-state index < -0.39 is 0 Å². The van der Waals surface area contributed by atoms with Gasteiger partial charge in [0.15, 0.2) is 0 Å². The van der Waals surface area contributed by atoms with Crippen LogP contribution in [0, 0.1) is 0 Å². The lowest BCUT2D eigenvalue weighted by molar-refractivity contribution is -0.120. The summed E-state index contributed by atoms with van der Waals surface area (Å²) in [5, 5.41) is 2.78. The molecule has 0 saturated carbocycles. The first-order valence-corrected chi connectivity index (χ1v) is 5.90. The largest absolute Gasteiger partial charge is 0.356 e. The van der Waals surface area contributed by atoms with Gasteiger partial charge in [0, 0.05) is 24.5 Å². The Hall–Kier alpha value is -2.23. The molecular weight excluding hydrogens is 226 g/mol. The van der Waals surface area contributed by atoms with Gasteiger partial charge in [-0.25, -0.2) is 9.97 Å². The zero-order valence-electron chi connectivity index (χ0n) is 10.3. The van der Waals surface area contributed by atoms with E-state index in [1.165, 1.54) is 6.33 Å². The number of amides is 1. The summed E-state index contributed by atoms with van der Waals surface area (Å²) < 4.78 is 0. The number of hydrogen-bond donors (Lipinski definition) is 1. The highest BCUT2D eigenvalue weighted by Crippen LogP contribution is 2.17. The summed E-state index contributed by atoms with van der Waals surface area (Å²) in [6, 6.07) is 7.87. The SMILES string of the molecule is CCNC(=O)Cc1ccc(-c2cncnc2)cc1. The number of nitrogens with zero attached hydrogens (tertiary/aromatic N) is 2. The van der Waals surface area contributed by atoms with Gasteiger partial charge in [0.05, 0.1) is 6.42 Å². The van der Waals surface area contributed by atoms with Crippen LogP contribution in [0.15, 0.2) is 43.0 Å². The van der Waals surface area contributed by atoms with Gasteiger partial charge in [-0.1, -0.05) is 24.3 Å². The molecule has 0 aliphatic heterocycles. The van der Waals surface area contributed by atoms with E-state index in [-0.39, 0.29) is 5.91 Å². The van der Waals surface area contributed by atoms with Crippen molar-refractivity contribution in [2.45, 2.75) is 13.3 Å². The maximum Gasteiger partial charge on any atom is 0.224 e. The number of benzene rings is 1. The van der Waals surface area contributed by atoms with E-state index in [0.29, 0.717) is 13.0 Å². The summed E-state index contributed by atoms with van der Waals surface area (Å²) in [7, 11) is 0. The van der Waals surface area contributed by atoms with E-state index in [1.807, 2.05) is 31.2 Å². The number of carbonyl (C=O) groups is 1. The molecule has 0 fully saturated rings. The molecule has 0 radical (unpaired) electrons. The highest BCUT2D eigenvalue weighted by molar-refractivity contribution is 5.78. The minimum Gasteiger partial charge on any atom is -0.356 e. The Balaban J connectivity index is 2.09. The third kappa shape index (κ3) is 3.13. The lowest BCUT2D eigenvalue weighted by Gasteiger charge is -2.04. The summed E-state index contributed by atoms with van der Waals surface area (Å²) in [5.74, 6) is 0.0493. The van der Waals surface area contributed by atoms with Gasteiger partial charge in [0.1, 0.15) is 6.33 Å². The van der Waals surface area contributed by atoms with Crippen molar-refractivity contribution in [2.75, 3.05) is 6.54 Å². The first-order valence-electron chi connectivity index (χ1n) is 5.90. The van der Waals surface area contributed by atoms with Crippen molar-refractivity contribution in [2.24, 2.45) is 0 Å². The van der Waals surface area contributed by atoms with Gasteiger partial charge in [-0.05, 0) is 18.1 Å². The summed E-state index contributed by atoms with van der Waals surface area (Å²) in [5.41, 5.74) is 3.03. The quantitative estimate of drug-likeness (QED) is 0.888. The number of rotatable bonds is 4. The molecule has 2 aromatic rings. The van der Waals surface area contributed by atoms with E-state index in [1.54, 1.807) is 12.4 Å². The van der Waals surface area contributed by atoms with Crippen LogP contribution in [0.3, 0.4) is 0 Å². The Morgan fingerprint density at radius 3 is 2.39 bits per heavy atom. The molecule has 18 heavy (non-hydrogen) atoms. The normalized spacial score (nSPS) is 10.1. The van der Waals surface area contributed by atoms with E-state index in [4.69, 9.17) is 0 Å². The second-order valence-corrected chi connectivity index (χ2v) is 3.95. The molecule has 1 aromatic heterocycles. The zero-order valence-corrected chi connectivity index (χ0v) is 10.3. The summed E-state index contributed by atoms with van der Waals surface area (Å²) >= 11 is 0. The lowest BCUT2D eigenvalue weighted by atomic mass is 10.1. The van der Waals surface area contributed by atoms with Crippen LogP contribution in [0.1, 0.15) is 12.5 Å². The van der Waals surface area contributed by atoms with Crippen LogP contribution >= 0.6 is 0 Å². The topological polar surface area (TPSA) is 54.9 Å². The van der Waals surface area contributed by atoms with E-state index >= 15 is 0 Å². The number of hydrogen-bond acceptors (Lipinski definition) is 3. The molecule has 0 atom stereocenters. The molecule has 92 valence electrons. The molecule has 0 spiro atoms. The molecule has 0 aliphatic carbocycles. The zero-order chi connectivity index (χ0) is 12.8. The Bertz CT molecular complexity index is 508. The summed E-state index contributed by atoms with van der Waals surface area (Å²) in [4.78, 5) is 19.4. The van der Waals surface area contributed by atoms with Crippen molar-refractivity contribution in [3.63, 3.8) is 0 Å². The third-order valence-electron chi connectivity index (χ3n) is 2.59. The molecule has 1 amide bonds. The third-order valence-corrected chi connectivity index (χ3v) is 2.59. The van der Waals surface area contributed by atoms with Crippen molar-refractivity contribution in [3.8, 4) is 11.1 Å². The lowest BCUT2D eigenvalue weighted by Crippen LogP contribution is -2.24. The summed E-state index contributed by atoms with van der Waals surface area (Å²) in [6.45, 7) is 2.58. The van der Waals surface area contributed by atoms with Crippen LogP contribution in [-0.4, -0.2) is 22.4 Å². The van der Waals surface area contributed by atoms with Gasteiger partial charge < -0.3 is 5.32 Å². The van der Waals surface area contributed by atoms with Gasteiger partial charge in [-0.2, -0.15) is 0 Å². The van der Waals surface area contributed by atoms with E-state index in [0.717, 1.165) is 16.7 Å². The molecule has 0 saturated heterocycles. The second-order valence-electron chi connectivity index (χ2n) is 3.95. The smallest absolute Gasteiger partial charge is 0.224 e. The maximum atomic E-state index is 11.4. The van der Waals surface area contributed by atoms with Gasteiger partial charge >= 0.3 is 0 Å². The number of aromatic nitrogens is 2. The van der Waals surface area contributed by atoms with Gasteiger partial charge in [0.2, 0.25) is 5.91 Å². The number of carbonyl (C=O) groups excluding carboxylic acids is 1. The summed E-state index contributed by atoms with van der Waals surface area (Å²) in [6.07, 6.45) is 5.46.